The number of ether oxygens (including phenoxy) is 1. The number of hydrogen-bond acceptors (Lipinski definition) is 6. The molecule has 2 heterocycles. The smallest absolute Gasteiger partial charge is 0.336 e. The molecular weight excluding hydrogens is 414 g/mol. The first-order valence-electron chi connectivity index (χ1n) is 9.19. The number of hydrogen-bond donors (Lipinski definition) is 1. The molecule has 0 atom stereocenters. The fourth-order valence-electron chi connectivity index (χ4n) is 2.84. The number of amides is 1. The van der Waals surface area contributed by atoms with Gasteiger partial charge >= 0.3 is 11.6 Å². The highest BCUT2D eigenvalue weighted by Crippen LogP contribution is 2.26. The van der Waals surface area contributed by atoms with E-state index in [1.54, 1.807) is 23.6 Å². The van der Waals surface area contributed by atoms with Gasteiger partial charge in [-0.3, -0.25) is 9.59 Å². The van der Waals surface area contributed by atoms with E-state index >= 15 is 0 Å². The number of benzene rings is 1. The van der Waals surface area contributed by atoms with E-state index < -0.39 is 11.6 Å². The second kappa shape index (κ2) is 9.71. The molecule has 0 unspecified atom stereocenters. The van der Waals surface area contributed by atoms with Crippen LogP contribution in [0.1, 0.15) is 41.3 Å². The summed E-state index contributed by atoms with van der Waals surface area (Å²) in [4.78, 5) is 35.7. The minimum absolute atomic E-state index is 0.0516. The van der Waals surface area contributed by atoms with Gasteiger partial charge in [0.25, 0.3) is 5.91 Å². The highest BCUT2D eigenvalue weighted by molar-refractivity contribution is 7.08. The number of rotatable bonds is 8. The Kier molecular flexibility index (Phi) is 7.06. The van der Waals surface area contributed by atoms with E-state index in [1.165, 1.54) is 17.4 Å². The Bertz CT molecular complexity index is 1070. The molecule has 0 radical (unpaired) electrons. The normalized spacial score (nSPS) is 10.8. The summed E-state index contributed by atoms with van der Waals surface area (Å²) >= 11 is 7.71. The molecule has 1 N–H and O–H groups in total. The fraction of sp³-hybridized carbons (Fsp3) is 0.286. The zero-order valence-corrected chi connectivity index (χ0v) is 17.4. The SMILES string of the molecule is CCc1cc2oc(=O)cc(COC(=O)CCCNC(=O)c3ccsc3)c2cc1Cl. The average molecular weight is 434 g/mol. The summed E-state index contributed by atoms with van der Waals surface area (Å²) in [6, 6.07) is 6.51. The maximum Gasteiger partial charge on any atom is 0.336 e. The molecule has 152 valence electrons. The van der Waals surface area contributed by atoms with Crippen molar-refractivity contribution < 1.29 is 18.7 Å². The molecule has 8 heteroatoms. The van der Waals surface area contributed by atoms with Crippen LogP contribution in [-0.2, 0) is 22.6 Å². The Morgan fingerprint density at radius 2 is 2.07 bits per heavy atom. The lowest BCUT2D eigenvalue weighted by Crippen LogP contribution is -2.24. The quantitative estimate of drug-likeness (QED) is 0.325. The van der Waals surface area contributed by atoms with E-state index in [4.69, 9.17) is 20.8 Å². The first-order chi connectivity index (χ1) is 14.0. The molecule has 0 aliphatic carbocycles. The van der Waals surface area contributed by atoms with Crippen LogP contribution in [0.5, 0.6) is 0 Å². The molecule has 3 aromatic rings. The molecule has 29 heavy (non-hydrogen) atoms. The van der Waals surface area contributed by atoms with Gasteiger partial charge in [-0.15, -0.1) is 0 Å². The number of carbonyl (C=O) groups is 2. The van der Waals surface area contributed by atoms with Gasteiger partial charge in [0.15, 0.2) is 0 Å². The first kappa shape index (κ1) is 21.1. The Hall–Kier alpha value is -2.64. The monoisotopic (exact) mass is 433 g/mol. The molecule has 0 saturated heterocycles. The summed E-state index contributed by atoms with van der Waals surface area (Å²) in [5.41, 5.74) is 1.93. The number of carbonyl (C=O) groups excluding carboxylic acids is 2. The zero-order chi connectivity index (χ0) is 20.8. The van der Waals surface area contributed by atoms with Crippen LogP contribution >= 0.6 is 22.9 Å². The molecular formula is C21H20ClNO5S. The first-order valence-corrected chi connectivity index (χ1v) is 10.5. The van der Waals surface area contributed by atoms with Crippen LogP contribution in [0.4, 0.5) is 0 Å². The minimum atomic E-state index is -0.510. The Labute approximate surface area is 176 Å². The van der Waals surface area contributed by atoms with Crippen LogP contribution in [-0.4, -0.2) is 18.4 Å². The summed E-state index contributed by atoms with van der Waals surface area (Å²) < 4.78 is 10.5. The lowest BCUT2D eigenvalue weighted by molar-refractivity contribution is -0.145. The van der Waals surface area contributed by atoms with Gasteiger partial charge in [0.2, 0.25) is 0 Å². The van der Waals surface area contributed by atoms with Crippen LogP contribution in [0, 0.1) is 0 Å². The Morgan fingerprint density at radius 3 is 2.79 bits per heavy atom. The number of nitrogens with one attached hydrogen (secondary N) is 1. The molecule has 1 aromatic carbocycles. The Balaban J connectivity index is 1.54. The van der Waals surface area contributed by atoms with Crippen LogP contribution in [0.15, 0.2) is 44.2 Å². The molecule has 6 nitrogen and oxygen atoms in total. The van der Waals surface area contributed by atoms with E-state index in [0.29, 0.717) is 46.5 Å². The molecule has 0 bridgehead atoms. The maximum absolute atomic E-state index is 12.0. The van der Waals surface area contributed by atoms with Gasteiger partial charge in [-0.05, 0) is 42.0 Å². The molecule has 1 amide bonds. The standard InChI is InChI=1S/C21H20ClNO5S/c1-2-13-8-18-16(10-17(13)22)15(9-20(25)28-18)11-27-19(24)4-3-6-23-21(26)14-5-7-29-12-14/h5,7-10,12H,2-4,6,11H2,1H3,(H,23,26). The molecule has 0 fully saturated rings. The van der Waals surface area contributed by atoms with Gasteiger partial charge < -0.3 is 14.5 Å². The van der Waals surface area contributed by atoms with Crippen molar-refractivity contribution in [3.63, 3.8) is 0 Å². The predicted octanol–water partition coefficient (Wildman–Crippen LogP) is 4.32. The number of esters is 1. The number of halogens is 1. The largest absolute Gasteiger partial charge is 0.461 e. The number of fused-ring (bicyclic) bond motifs is 1. The van der Waals surface area contributed by atoms with Crippen molar-refractivity contribution in [2.45, 2.75) is 32.8 Å². The van der Waals surface area contributed by atoms with Gasteiger partial charge in [-0.1, -0.05) is 18.5 Å². The van der Waals surface area contributed by atoms with Crippen molar-refractivity contribution in [3.8, 4) is 0 Å². The van der Waals surface area contributed by atoms with Gasteiger partial charge in [0.1, 0.15) is 12.2 Å². The van der Waals surface area contributed by atoms with Crippen molar-refractivity contribution in [2.24, 2.45) is 0 Å². The summed E-state index contributed by atoms with van der Waals surface area (Å²) in [5.74, 6) is -0.571. The third-order valence-electron chi connectivity index (χ3n) is 4.39. The highest BCUT2D eigenvalue weighted by atomic mass is 35.5. The fourth-order valence-corrected chi connectivity index (χ4v) is 3.77. The number of aryl methyl sites for hydroxylation is 1. The highest BCUT2D eigenvalue weighted by Gasteiger charge is 2.12. The van der Waals surface area contributed by atoms with E-state index in [9.17, 15) is 14.4 Å². The van der Waals surface area contributed by atoms with Crippen molar-refractivity contribution in [3.05, 3.63) is 67.2 Å². The zero-order valence-electron chi connectivity index (χ0n) is 15.8. The summed E-state index contributed by atoms with van der Waals surface area (Å²) in [5, 5.41) is 7.56. The van der Waals surface area contributed by atoms with Crippen molar-refractivity contribution in [1.82, 2.24) is 5.32 Å². The molecule has 2 aromatic heterocycles. The molecule has 0 aliphatic heterocycles. The van der Waals surface area contributed by atoms with Gasteiger partial charge in [-0.25, -0.2) is 4.79 Å². The second-order valence-electron chi connectivity index (χ2n) is 6.42. The summed E-state index contributed by atoms with van der Waals surface area (Å²) in [7, 11) is 0. The number of thiophene rings is 1. The van der Waals surface area contributed by atoms with Crippen molar-refractivity contribution in [2.75, 3.05) is 6.54 Å². The van der Waals surface area contributed by atoms with E-state index in [1.807, 2.05) is 12.3 Å². The van der Waals surface area contributed by atoms with Crippen molar-refractivity contribution >= 4 is 45.8 Å². The van der Waals surface area contributed by atoms with Gasteiger partial charge in [-0.2, -0.15) is 11.3 Å². The third-order valence-corrected chi connectivity index (χ3v) is 5.43. The van der Waals surface area contributed by atoms with Crippen LogP contribution in [0.25, 0.3) is 11.0 Å². The summed E-state index contributed by atoms with van der Waals surface area (Å²) in [6.45, 7) is 2.28. The molecule has 0 aliphatic rings. The predicted molar refractivity (Wildman–Crippen MR) is 113 cm³/mol. The minimum Gasteiger partial charge on any atom is -0.461 e. The van der Waals surface area contributed by atoms with Crippen LogP contribution in [0.2, 0.25) is 5.02 Å². The topological polar surface area (TPSA) is 85.6 Å². The van der Waals surface area contributed by atoms with Gasteiger partial charge in [0.05, 0.1) is 0 Å². The third kappa shape index (κ3) is 5.46. The van der Waals surface area contributed by atoms with E-state index in [0.717, 1.165) is 5.56 Å². The van der Waals surface area contributed by atoms with Crippen molar-refractivity contribution in [1.29, 1.82) is 0 Å². The van der Waals surface area contributed by atoms with E-state index in [-0.39, 0.29) is 18.9 Å². The molecule has 0 saturated carbocycles. The summed E-state index contributed by atoms with van der Waals surface area (Å²) in [6.07, 6.45) is 1.32. The van der Waals surface area contributed by atoms with Crippen LogP contribution < -0.4 is 10.9 Å². The second-order valence-corrected chi connectivity index (χ2v) is 7.60. The van der Waals surface area contributed by atoms with Gasteiger partial charge in [0, 0.05) is 45.9 Å². The van der Waals surface area contributed by atoms with Crippen LogP contribution in [0.3, 0.4) is 0 Å². The molecule has 3 rings (SSSR count). The Morgan fingerprint density at radius 1 is 1.24 bits per heavy atom. The maximum atomic E-state index is 12.0. The lowest BCUT2D eigenvalue weighted by atomic mass is 10.1. The average Bonchev–Trinajstić information content (AvgIpc) is 3.24. The lowest BCUT2D eigenvalue weighted by Gasteiger charge is -2.09. The molecule has 0 spiro atoms. The van der Waals surface area contributed by atoms with E-state index in [2.05, 4.69) is 5.32 Å².